The summed E-state index contributed by atoms with van der Waals surface area (Å²) < 4.78 is 0. The first kappa shape index (κ1) is 33.7. The Morgan fingerprint density at radius 1 is 0.373 bits per heavy atom. The quantitative estimate of drug-likeness (QED) is 0.179. The molecular formula is C56H39N3. The minimum Gasteiger partial charge on any atom is -0.310 e. The van der Waals surface area contributed by atoms with E-state index < -0.39 is 5.41 Å². The summed E-state index contributed by atoms with van der Waals surface area (Å²) in [5.41, 5.74) is 20.9. The van der Waals surface area contributed by atoms with Gasteiger partial charge in [-0.25, -0.2) is 9.97 Å². The topological polar surface area (TPSA) is 29.0 Å². The van der Waals surface area contributed by atoms with Crippen LogP contribution in [0.4, 0.5) is 17.1 Å². The van der Waals surface area contributed by atoms with E-state index in [2.05, 4.69) is 213 Å². The van der Waals surface area contributed by atoms with Gasteiger partial charge in [-0.15, -0.1) is 0 Å². The monoisotopic (exact) mass is 753 g/mol. The number of anilines is 3. The Hall–Kier alpha value is -7.36. The van der Waals surface area contributed by atoms with Crippen molar-refractivity contribution in [2.45, 2.75) is 24.7 Å². The maximum atomic E-state index is 5.39. The third kappa shape index (κ3) is 4.70. The first-order valence-corrected chi connectivity index (χ1v) is 20.5. The van der Waals surface area contributed by atoms with Crippen LogP contribution in [0.3, 0.4) is 0 Å². The Balaban J connectivity index is 1.04. The SMILES string of the molecule is CC1(C)c2ccccc2N(c2ccc(-c3cc(-c4cccc5c4-c4ccccc4C54c5ccccc5-c5ccccc54)nc(-c4ccccc4)n3)cc2)c2ccccc21. The molecule has 3 heteroatoms. The molecule has 59 heavy (non-hydrogen) atoms. The van der Waals surface area contributed by atoms with Crippen LogP contribution in [0.1, 0.15) is 47.2 Å². The van der Waals surface area contributed by atoms with Crippen LogP contribution in [0.5, 0.6) is 0 Å². The lowest BCUT2D eigenvalue weighted by Crippen LogP contribution is -2.30. The molecule has 0 saturated carbocycles. The van der Waals surface area contributed by atoms with Crippen molar-refractivity contribution in [2.24, 2.45) is 0 Å². The maximum Gasteiger partial charge on any atom is 0.160 e. The Morgan fingerprint density at radius 2 is 0.847 bits per heavy atom. The molecule has 0 amide bonds. The highest BCUT2D eigenvalue weighted by Crippen LogP contribution is 2.64. The number of fused-ring (bicyclic) bond motifs is 12. The van der Waals surface area contributed by atoms with E-state index >= 15 is 0 Å². The van der Waals surface area contributed by atoms with Crippen molar-refractivity contribution in [3.8, 4) is 56.2 Å². The van der Waals surface area contributed by atoms with E-state index in [1.165, 1.54) is 67.0 Å². The predicted octanol–water partition coefficient (Wildman–Crippen LogP) is 13.9. The van der Waals surface area contributed by atoms with Crippen LogP contribution in [0.25, 0.3) is 56.2 Å². The van der Waals surface area contributed by atoms with Crippen molar-refractivity contribution >= 4 is 17.1 Å². The molecule has 1 aliphatic heterocycles. The lowest BCUT2D eigenvalue weighted by molar-refractivity contribution is 0.632. The van der Waals surface area contributed by atoms with Crippen molar-refractivity contribution in [3.05, 3.63) is 234 Å². The second-order valence-electron chi connectivity index (χ2n) is 16.5. The van der Waals surface area contributed by atoms with Gasteiger partial charge in [-0.2, -0.15) is 0 Å². The van der Waals surface area contributed by atoms with E-state index in [9.17, 15) is 0 Å². The molecular weight excluding hydrogens is 715 g/mol. The van der Waals surface area contributed by atoms with Crippen LogP contribution >= 0.6 is 0 Å². The van der Waals surface area contributed by atoms with Crippen LogP contribution in [-0.4, -0.2) is 9.97 Å². The van der Waals surface area contributed by atoms with Crippen molar-refractivity contribution in [1.29, 1.82) is 0 Å². The first-order valence-electron chi connectivity index (χ1n) is 20.5. The average Bonchev–Trinajstić information content (AvgIpc) is 3.77. The Labute approximate surface area is 345 Å². The fourth-order valence-electron chi connectivity index (χ4n) is 10.5. The lowest BCUT2D eigenvalue weighted by Gasteiger charge is -2.42. The van der Waals surface area contributed by atoms with E-state index in [1.54, 1.807) is 0 Å². The highest BCUT2D eigenvalue weighted by molar-refractivity contribution is 6.00. The third-order valence-corrected chi connectivity index (χ3v) is 13.1. The summed E-state index contributed by atoms with van der Waals surface area (Å²) in [5.74, 6) is 0.707. The van der Waals surface area contributed by atoms with Crippen LogP contribution < -0.4 is 4.90 Å². The van der Waals surface area contributed by atoms with E-state index in [4.69, 9.17) is 9.97 Å². The van der Waals surface area contributed by atoms with Gasteiger partial charge in [-0.05, 0) is 86.0 Å². The van der Waals surface area contributed by atoms with Crippen molar-refractivity contribution in [2.75, 3.05) is 4.90 Å². The fourth-order valence-corrected chi connectivity index (χ4v) is 10.5. The van der Waals surface area contributed by atoms with Crippen molar-refractivity contribution < 1.29 is 0 Å². The zero-order chi connectivity index (χ0) is 39.3. The Morgan fingerprint density at radius 3 is 1.47 bits per heavy atom. The maximum absolute atomic E-state index is 5.39. The fraction of sp³-hybridized carbons (Fsp3) is 0.0714. The van der Waals surface area contributed by atoms with E-state index in [0.29, 0.717) is 5.82 Å². The van der Waals surface area contributed by atoms with Gasteiger partial charge in [-0.1, -0.05) is 184 Å². The zero-order valence-corrected chi connectivity index (χ0v) is 32.9. The van der Waals surface area contributed by atoms with Crippen LogP contribution in [0, 0.1) is 0 Å². The standard InChI is InChI=1S/C56H39N3/c1-55(2)46-26-12-14-29-51(46)59(52-30-15-13-27-47(52)55)38-33-31-36(32-34-38)49-35-50(58-54(57-49)37-17-4-3-5-18-37)42-22-16-28-48-53(42)41-21-8-11-25-45(41)56(48)43-23-9-6-19-39(43)40-20-7-10-24-44(40)56/h3-35H,1-2H3. The molecule has 3 nitrogen and oxygen atoms in total. The molecule has 0 fully saturated rings. The van der Waals surface area contributed by atoms with Gasteiger partial charge >= 0.3 is 0 Å². The summed E-state index contributed by atoms with van der Waals surface area (Å²) in [7, 11) is 0. The molecule has 9 aromatic rings. The molecule has 0 radical (unpaired) electrons. The lowest BCUT2D eigenvalue weighted by atomic mass is 9.70. The molecule has 8 aromatic carbocycles. The minimum absolute atomic E-state index is 0.114. The molecule has 0 saturated heterocycles. The molecule has 278 valence electrons. The van der Waals surface area contributed by atoms with Gasteiger partial charge in [0.05, 0.1) is 28.2 Å². The normalized spacial score (nSPS) is 14.5. The minimum atomic E-state index is -0.427. The summed E-state index contributed by atoms with van der Waals surface area (Å²) in [5, 5.41) is 0. The van der Waals surface area contributed by atoms with Gasteiger partial charge in [-0.3, -0.25) is 0 Å². The largest absolute Gasteiger partial charge is 0.310 e. The first-order chi connectivity index (χ1) is 29.0. The van der Waals surface area contributed by atoms with Gasteiger partial charge < -0.3 is 4.90 Å². The molecule has 0 bridgehead atoms. The average molecular weight is 754 g/mol. The van der Waals surface area contributed by atoms with Crippen LogP contribution in [0.15, 0.2) is 200 Å². The second-order valence-corrected chi connectivity index (χ2v) is 16.5. The molecule has 12 rings (SSSR count). The smallest absolute Gasteiger partial charge is 0.160 e. The zero-order valence-electron chi connectivity index (χ0n) is 32.9. The molecule has 0 atom stereocenters. The van der Waals surface area contributed by atoms with E-state index in [0.717, 1.165) is 33.8 Å². The molecule has 1 spiro atoms. The van der Waals surface area contributed by atoms with Crippen LogP contribution in [0.2, 0.25) is 0 Å². The van der Waals surface area contributed by atoms with Crippen molar-refractivity contribution in [1.82, 2.24) is 9.97 Å². The molecule has 1 aromatic heterocycles. The summed E-state index contributed by atoms with van der Waals surface area (Å²) in [4.78, 5) is 13.1. The summed E-state index contributed by atoms with van der Waals surface area (Å²) in [6.07, 6.45) is 0. The number of nitrogens with zero attached hydrogens (tertiary/aromatic N) is 3. The van der Waals surface area contributed by atoms with Gasteiger partial charge in [0.15, 0.2) is 5.82 Å². The highest BCUT2D eigenvalue weighted by Gasteiger charge is 2.52. The molecule has 0 N–H and O–H groups in total. The number of benzene rings is 8. The number of hydrogen-bond acceptors (Lipinski definition) is 3. The molecule has 3 aliphatic rings. The van der Waals surface area contributed by atoms with E-state index in [1.807, 2.05) is 6.07 Å². The third-order valence-electron chi connectivity index (χ3n) is 13.1. The Kier molecular flexibility index (Phi) is 7.19. The van der Waals surface area contributed by atoms with Crippen molar-refractivity contribution in [3.63, 3.8) is 0 Å². The highest BCUT2D eigenvalue weighted by atomic mass is 15.2. The molecule has 2 aliphatic carbocycles. The molecule has 2 heterocycles. The Bertz CT molecular complexity index is 3050. The van der Waals surface area contributed by atoms with Crippen LogP contribution in [-0.2, 0) is 10.8 Å². The number of rotatable bonds is 4. The number of hydrogen-bond donors (Lipinski definition) is 0. The summed E-state index contributed by atoms with van der Waals surface area (Å²) in [6.45, 7) is 4.66. The van der Waals surface area contributed by atoms with Gasteiger partial charge in [0.1, 0.15) is 0 Å². The predicted molar refractivity (Wildman–Crippen MR) is 241 cm³/mol. The number of para-hydroxylation sites is 2. The van der Waals surface area contributed by atoms with Gasteiger partial charge in [0.25, 0.3) is 0 Å². The van der Waals surface area contributed by atoms with Gasteiger partial charge in [0, 0.05) is 27.8 Å². The summed E-state index contributed by atoms with van der Waals surface area (Å²) >= 11 is 0. The second kappa shape index (κ2) is 12.6. The molecule has 0 unspecified atom stereocenters. The summed E-state index contributed by atoms with van der Waals surface area (Å²) in [6, 6.07) is 72.8. The number of aromatic nitrogens is 2. The van der Waals surface area contributed by atoms with E-state index in [-0.39, 0.29) is 5.41 Å². The van der Waals surface area contributed by atoms with Gasteiger partial charge in [0.2, 0.25) is 0 Å².